The molecule has 0 heterocycles. The van der Waals surface area contributed by atoms with Gasteiger partial charge in [0, 0.05) is 12.8 Å². The number of benzene rings is 6. The van der Waals surface area contributed by atoms with Gasteiger partial charge < -0.3 is 10.2 Å². The van der Waals surface area contributed by atoms with E-state index >= 15 is 0 Å². The lowest BCUT2D eigenvalue weighted by atomic mass is 9.73. The van der Waals surface area contributed by atoms with Gasteiger partial charge in [0.05, 0.1) is 0 Å². The van der Waals surface area contributed by atoms with Gasteiger partial charge in [-0.05, 0) is 66.3 Å². The molecule has 6 aromatic rings. The third-order valence-corrected chi connectivity index (χ3v) is 7.54. The molecule has 0 aliphatic heterocycles. The number of hydrogen-bond acceptors (Lipinski definition) is 2. The molecule has 0 spiro atoms. The Balaban J connectivity index is 1.63. The first kappa shape index (κ1) is 22.7. The van der Waals surface area contributed by atoms with Gasteiger partial charge in [-0.25, -0.2) is 0 Å². The highest BCUT2D eigenvalue weighted by Crippen LogP contribution is 2.39. The highest BCUT2D eigenvalue weighted by Gasteiger charge is 2.48. The van der Waals surface area contributed by atoms with Crippen LogP contribution in [0.2, 0.25) is 0 Å². The number of aliphatic carboxylic acids is 2. The van der Waals surface area contributed by atoms with E-state index in [0.717, 1.165) is 54.2 Å². The van der Waals surface area contributed by atoms with Gasteiger partial charge >= 0.3 is 11.9 Å². The monoisotopic (exact) mass is 484 g/mol. The van der Waals surface area contributed by atoms with Crippen molar-refractivity contribution in [2.24, 2.45) is 5.41 Å². The van der Waals surface area contributed by atoms with Crippen molar-refractivity contribution in [3.05, 3.63) is 120 Å². The first-order valence-corrected chi connectivity index (χ1v) is 12.2. The Labute approximate surface area is 213 Å². The average Bonchev–Trinajstić information content (AvgIpc) is 2.91. The van der Waals surface area contributed by atoms with E-state index < -0.39 is 17.4 Å². The zero-order valence-corrected chi connectivity index (χ0v) is 20.0. The molecular weight excluding hydrogens is 460 g/mol. The van der Waals surface area contributed by atoms with Gasteiger partial charge in [-0.1, -0.05) is 97.1 Å². The Morgan fingerprint density at radius 3 is 1.03 bits per heavy atom. The molecule has 6 rings (SSSR count). The average molecular weight is 485 g/mol. The first-order valence-electron chi connectivity index (χ1n) is 12.2. The van der Waals surface area contributed by atoms with E-state index in [9.17, 15) is 19.8 Å². The predicted molar refractivity (Wildman–Crippen MR) is 148 cm³/mol. The molecule has 0 radical (unpaired) electrons. The molecule has 0 fully saturated rings. The summed E-state index contributed by atoms with van der Waals surface area (Å²) in [5, 5.41) is 28.6. The molecule has 0 saturated carbocycles. The third-order valence-electron chi connectivity index (χ3n) is 7.54. The summed E-state index contributed by atoms with van der Waals surface area (Å²) in [5.41, 5.74) is -0.592. The van der Waals surface area contributed by atoms with Gasteiger partial charge in [-0.2, -0.15) is 0 Å². The van der Waals surface area contributed by atoms with E-state index in [2.05, 4.69) is 12.1 Å². The number of carbonyl (C=O) groups is 2. The molecule has 6 aromatic carbocycles. The van der Waals surface area contributed by atoms with E-state index in [1.807, 2.05) is 97.1 Å². The topological polar surface area (TPSA) is 74.6 Å². The Hall–Kier alpha value is -4.70. The van der Waals surface area contributed by atoms with Crippen LogP contribution in [0.1, 0.15) is 11.1 Å². The molecule has 0 aliphatic carbocycles. The van der Waals surface area contributed by atoms with Crippen molar-refractivity contribution in [3.63, 3.8) is 0 Å². The molecule has 180 valence electrons. The smallest absolute Gasteiger partial charge is 0.321 e. The first-order chi connectivity index (χ1) is 18.0. The van der Waals surface area contributed by atoms with Gasteiger partial charge in [0.25, 0.3) is 0 Å². The summed E-state index contributed by atoms with van der Waals surface area (Å²) in [5.74, 6) is -2.68. The van der Waals surface area contributed by atoms with Crippen LogP contribution < -0.4 is 0 Å². The van der Waals surface area contributed by atoms with E-state index in [4.69, 9.17) is 0 Å². The van der Waals surface area contributed by atoms with Crippen LogP contribution in [-0.2, 0) is 22.4 Å². The van der Waals surface area contributed by atoms with Crippen molar-refractivity contribution in [3.8, 4) is 0 Å². The van der Waals surface area contributed by atoms with Crippen molar-refractivity contribution in [2.45, 2.75) is 12.8 Å². The number of carboxylic acid groups (broad SMARTS) is 2. The van der Waals surface area contributed by atoms with Gasteiger partial charge in [-0.15, -0.1) is 0 Å². The summed E-state index contributed by atoms with van der Waals surface area (Å²) in [6, 6.07) is 35.2. The fourth-order valence-electron chi connectivity index (χ4n) is 5.66. The number of rotatable bonds is 6. The molecule has 0 aromatic heterocycles. The Morgan fingerprint density at radius 1 is 0.486 bits per heavy atom. The molecule has 0 unspecified atom stereocenters. The Bertz CT molecular complexity index is 1610. The van der Waals surface area contributed by atoms with Crippen LogP contribution in [0, 0.1) is 5.41 Å². The second-order valence-corrected chi connectivity index (χ2v) is 9.64. The summed E-state index contributed by atoms with van der Waals surface area (Å²) in [4.78, 5) is 26.1. The molecule has 37 heavy (non-hydrogen) atoms. The van der Waals surface area contributed by atoms with E-state index in [-0.39, 0.29) is 12.8 Å². The summed E-state index contributed by atoms with van der Waals surface area (Å²) >= 11 is 0. The highest BCUT2D eigenvalue weighted by atomic mass is 16.4. The molecule has 0 amide bonds. The number of carboxylic acids is 2. The summed E-state index contributed by atoms with van der Waals surface area (Å²) < 4.78 is 0. The normalized spacial score (nSPS) is 11.9. The minimum absolute atomic E-state index is 0.142. The fraction of sp³-hybridized carbons (Fsp3) is 0.0909. The van der Waals surface area contributed by atoms with Crippen molar-refractivity contribution in [1.29, 1.82) is 0 Å². The molecule has 4 heteroatoms. The maximum atomic E-state index is 13.0. The summed E-state index contributed by atoms with van der Waals surface area (Å²) in [6.45, 7) is 0. The molecule has 0 bridgehead atoms. The van der Waals surface area contributed by atoms with E-state index in [0.29, 0.717) is 0 Å². The minimum Gasteiger partial charge on any atom is -0.480 e. The fourth-order valence-corrected chi connectivity index (χ4v) is 5.66. The van der Waals surface area contributed by atoms with Crippen LogP contribution in [0.25, 0.3) is 43.1 Å². The number of fused-ring (bicyclic) bond motifs is 4. The second kappa shape index (κ2) is 8.75. The van der Waals surface area contributed by atoms with Crippen LogP contribution in [0.5, 0.6) is 0 Å². The summed E-state index contributed by atoms with van der Waals surface area (Å²) in [6.07, 6.45) is -0.284. The van der Waals surface area contributed by atoms with E-state index in [1.165, 1.54) is 0 Å². The van der Waals surface area contributed by atoms with Crippen molar-refractivity contribution < 1.29 is 19.8 Å². The van der Waals surface area contributed by atoms with Gasteiger partial charge in [0.2, 0.25) is 0 Å². The largest absolute Gasteiger partial charge is 0.480 e. The molecule has 4 nitrogen and oxygen atoms in total. The highest BCUT2D eigenvalue weighted by molar-refractivity contribution is 6.07. The van der Waals surface area contributed by atoms with Crippen molar-refractivity contribution >= 4 is 55.0 Å². The molecule has 0 aliphatic rings. The molecule has 0 atom stereocenters. The Morgan fingerprint density at radius 2 is 0.757 bits per heavy atom. The molecule has 2 N–H and O–H groups in total. The van der Waals surface area contributed by atoms with Crippen LogP contribution in [0.15, 0.2) is 109 Å². The van der Waals surface area contributed by atoms with Crippen LogP contribution >= 0.6 is 0 Å². The minimum atomic E-state index is -2.07. The van der Waals surface area contributed by atoms with Crippen molar-refractivity contribution in [1.82, 2.24) is 0 Å². The van der Waals surface area contributed by atoms with Gasteiger partial charge in [0.15, 0.2) is 5.41 Å². The SMILES string of the molecule is O=C(O)C(Cc1c2ccccc2cc2ccccc12)(Cc1c2ccccc2cc2ccccc12)C(=O)O. The maximum Gasteiger partial charge on any atom is 0.321 e. The lowest BCUT2D eigenvalue weighted by Crippen LogP contribution is -2.43. The Kier molecular flexibility index (Phi) is 5.38. The lowest BCUT2D eigenvalue weighted by molar-refractivity contribution is -0.164. The summed E-state index contributed by atoms with van der Waals surface area (Å²) in [7, 11) is 0. The molecule has 0 saturated heterocycles. The van der Waals surface area contributed by atoms with E-state index in [1.54, 1.807) is 0 Å². The van der Waals surface area contributed by atoms with Gasteiger partial charge in [-0.3, -0.25) is 9.59 Å². The van der Waals surface area contributed by atoms with Gasteiger partial charge in [0.1, 0.15) is 0 Å². The van der Waals surface area contributed by atoms with Crippen LogP contribution in [0.3, 0.4) is 0 Å². The molecular formula is C33H24O4. The standard InChI is InChI=1S/C33H24O4/c34-31(35)33(32(36)37,19-29-25-13-5-1-9-21(25)17-22-10-2-6-14-26(22)29)20-30-27-15-7-3-11-23(27)18-24-12-4-8-16-28(24)30/h1-18H,19-20H2,(H,34,35)(H,36,37). The maximum absolute atomic E-state index is 13.0. The zero-order valence-electron chi connectivity index (χ0n) is 20.0. The third kappa shape index (κ3) is 3.69. The van der Waals surface area contributed by atoms with Crippen molar-refractivity contribution in [2.75, 3.05) is 0 Å². The second-order valence-electron chi connectivity index (χ2n) is 9.64. The zero-order chi connectivity index (χ0) is 25.6. The van der Waals surface area contributed by atoms with Crippen LogP contribution in [-0.4, -0.2) is 22.2 Å². The van der Waals surface area contributed by atoms with Crippen LogP contribution in [0.4, 0.5) is 0 Å². The predicted octanol–water partition coefficient (Wildman–Crippen LogP) is 7.24. The quantitative estimate of drug-likeness (QED) is 0.193. The lowest BCUT2D eigenvalue weighted by Gasteiger charge is -2.28. The number of hydrogen-bond donors (Lipinski definition) is 2.